The maximum absolute atomic E-state index is 6.35. The second kappa shape index (κ2) is 5.85. The summed E-state index contributed by atoms with van der Waals surface area (Å²) < 4.78 is 5.60. The van der Waals surface area contributed by atoms with Crippen molar-refractivity contribution < 1.29 is 4.74 Å². The lowest BCUT2D eigenvalue weighted by atomic mass is 9.77. The van der Waals surface area contributed by atoms with E-state index < -0.39 is 0 Å². The Morgan fingerprint density at radius 1 is 1.33 bits per heavy atom. The fraction of sp³-hybridized carbons (Fsp3) is 0.625. The molecule has 2 heteroatoms. The number of rotatable bonds is 5. The van der Waals surface area contributed by atoms with Crippen molar-refractivity contribution in [1.82, 2.24) is 0 Å². The Kier molecular flexibility index (Phi) is 4.41. The van der Waals surface area contributed by atoms with Crippen molar-refractivity contribution in [3.63, 3.8) is 0 Å². The molecule has 0 radical (unpaired) electrons. The molecular weight excluding hydrogens is 222 g/mol. The summed E-state index contributed by atoms with van der Waals surface area (Å²) in [5.74, 6) is 0.747. The molecule has 2 nitrogen and oxygen atoms in total. The average Bonchev–Trinajstić information content (AvgIpc) is 2.30. The minimum atomic E-state index is 0.178. The van der Waals surface area contributed by atoms with Gasteiger partial charge in [-0.3, -0.25) is 0 Å². The van der Waals surface area contributed by atoms with Crippen LogP contribution >= 0.6 is 0 Å². The Bertz CT molecular complexity index is 396. The SMILES string of the molecule is CCOC1CC(CC(N)c2cccc(C)c2C)C1. The van der Waals surface area contributed by atoms with Gasteiger partial charge in [0.1, 0.15) is 0 Å². The standard InChI is InChI=1S/C16H25NO/c1-4-18-14-8-13(9-14)10-16(17)15-7-5-6-11(2)12(15)3/h5-7,13-14,16H,4,8-10,17H2,1-3H3. The molecule has 1 aromatic carbocycles. The highest BCUT2D eigenvalue weighted by Crippen LogP contribution is 2.36. The molecule has 0 bridgehead atoms. The van der Waals surface area contributed by atoms with E-state index in [2.05, 4.69) is 39.0 Å². The molecule has 0 aromatic heterocycles. The molecule has 2 N–H and O–H groups in total. The Hall–Kier alpha value is -0.860. The van der Waals surface area contributed by atoms with Crippen LogP contribution in [0.15, 0.2) is 18.2 Å². The molecule has 0 aliphatic heterocycles. The molecule has 1 saturated carbocycles. The zero-order valence-corrected chi connectivity index (χ0v) is 11.8. The second-order valence-corrected chi connectivity index (χ2v) is 5.55. The fourth-order valence-electron chi connectivity index (χ4n) is 2.90. The lowest BCUT2D eigenvalue weighted by Crippen LogP contribution is -2.33. The quantitative estimate of drug-likeness (QED) is 0.864. The molecule has 18 heavy (non-hydrogen) atoms. The van der Waals surface area contributed by atoms with Gasteiger partial charge in [0.15, 0.2) is 0 Å². The van der Waals surface area contributed by atoms with Gasteiger partial charge in [-0.2, -0.15) is 0 Å². The molecule has 100 valence electrons. The number of nitrogens with two attached hydrogens (primary N) is 1. The van der Waals surface area contributed by atoms with E-state index in [0.29, 0.717) is 6.10 Å². The molecule has 1 unspecified atom stereocenters. The van der Waals surface area contributed by atoms with Crippen molar-refractivity contribution in [1.29, 1.82) is 0 Å². The number of aryl methyl sites for hydroxylation is 1. The van der Waals surface area contributed by atoms with E-state index in [9.17, 15) is 0 Å². The number of hydrogen-bond acceptors (Lipinski definition) is 2. The summed E-state index contributed by atoms with van der Waals surface area (Å²) in [6, 6.07) is 6.62. The summed E-state index contributed by atoms with van der Waals surface area (Å²) >= 11 is 0. The Morgan fingerprint density at radius 3 is 2.72 bits per heavy atom. The van der Waals surface area contributed by atoms with Gasteiger partial charge in [-0.25, -0.2) is 0 Å². The molecule has 0 spiro atoms. The van der Waals surface area contributed by atoms with Gasteiger partial charge >= 0.3 is 0 Å². The maximum Gasteiger partial charge on any atom is 0.0580 e. The van der Waals surface area contributed by atoms with Crippen LogP contribution in [0.1, 0.15) is 48.9 Å². The first-order valence-corrected chi connectivity index (χ1v) is 7.05. The van der Waals surface area contributed by atoms with Gasteiger partial charge in [0.25, 0.3) is 0 Å². The van der Waals surface area contributed by atoms with Crippen molar-refractivity contribution in [2.24, 2.45) is 11.7 Å². The molecule has 0 saturated heterocycles. The van der Waals surface area contributed by atoms with Gasteiger partial charge in [-0.05, 0) is 62.6 Å². The predicted octanol–water partition coefficient (Wildman–Crippen LogP) is 3.51. The Morgan fingerprint density at radius 2 is 2.06 bits per heavy atom. The van der Waals surface area contributed by atoms with Crippen LogP contribution in [0.2, 0.25) is 0 Å². The van der Waals surface area contributed by atoms with Gasteiger partial charge in [-0.15, -0.1) is 0 Å². The molecule has 1 aromatic rings. The van der Waals surface area contributed by atoms with Crippen LogP contribution in [-0.2, 0) is 4.74 Å². The maximum atomic E-state index is 6.35. The first kappa shape index (κ1) is 13.6. The number of ether oxygens (including phenoxy) is 1. The van der Waals surface area contributed by atoms with E-state index in [4.69, 9.17) is 10.5 Å². The van der Waals surface area contributed by atoms with Crippen LogP contribution in [0.25, 0.3) is 0 Å². The smallest absolute Gasteiger partial charge is 0.0580 e. The third-order valence-corrected chi connectivity index (χ3v) is 4.23. The summed E-state index contributed by atoms with van der Waals surface area (Å²) in [4.78, 5) is 0. The van der Waals surface area contributed by atoms with Crippen LogP contribution in [0.3, 0.4) is 0 Å². The first-order chi connectivity index (χ1) is 8.61. The van der Waals surface area contributed by atoms with E-state index >= 15 is 0 Å². The van der Waals surface area contributed by atoms with Crippen LogP contribution in [-0.4, -0.2) is 12.7 Å². The molecule has 0 amide bonds. The summed E-state index contributed by atoms with van der Waals surface area (Å²) in [7, 11) is 0. The molecule has 0 heterocycles. The van der Waals surface area contributed by atoms with E-state index in [1.165, 1.54) is 29.5 Å². The molecule has 2 rings (SSSR count). The molecule has 1 atom stereocenters. The van der Waals surface area contributed by atoms with Crippen molar-refractivity contribution in [3.8, 4) is 0 Å². The third-order valence-electron chi connectivity index (χ3n) is 4.23. The minimum absolute atomic E-state index is 0.178. The fourth-order valence-corrected chi connectivity index (χ4v) is 2.90. The van der Waals surface area contributed by atoms with Crippen molar-refractivity contribution in [2.45, 2.75) is 52.2 Å². The first-order valence-electron chi connectivity index (χ1n) is 7.05. The highest BCUT2D eigenvalue weighted by Gasteiger charge is 2.31. The van der Waals surface area contributed by atoms with Gasteiger partial charge in [0.05, 0.1) is 6.10 Å². The van der Waals surface area contributed by atoms with Gasteiger partial charge in [0.2, 0.25) is 0 Å². The van der Waals surface area contributed by atoms with E-state index in [1.807, 2.05) is 0 Å². The molecule has 1 aliphatic rings. The lowest BCUT2D eigenvalue weighted by Gasteiger charge is -2.36. The zero-order valence-electron chi connectivity index (χ0n) is 11.8. The Balaban J connectivity index is 1.89. The summed E-state index contributed by atoms with van der Waals surface area (Å²) in [5, 5.41) is 0. The highest BCUT2D eigenvalue weighted by atomic mass is 16.5. The van der Waals surface area contributed by atoms with Crippen molar-refractivity contribution in [2.75, 3.05) is 6.61 Å². The average molecular weight is 247 g/mol. The summed E-state index contributed by atoms with van der Waals surface area (Å²) in [6.07, 6.45) is 3.96. The van der Waals surface area contributed by atoms with Crippen LogP contribution in [0.4, 0.5) is 0 Å². The summed E-state index contributed by atoms with van der Waals surface area (Å²) in [6.45, 7) is 7.23. The molecular formula is C16H25NO. The molecule has 1 fully saturated rings. The van der Waals surface area contributed by atoms with Crippen LogP contribution in [0, 0.1) is 19.8 Å². The van der Waals surface area contributed by atoms with Gasteiger partial charge in [-0.1, -0.05) is 18.2 Å². The predicted molar refractivity (Wildman–Crippen MR) is 75.6 cm³/mol. The number of hydrogen-bond donors (Lipinski definition) is 1. The van der Waals surface area contributed by atoms with Crippen LogP contribution < -0.4 is 5.73 Å². The lowest BCUT2D eigenvalue weighted by molar-refractivity contribution is -0.0282. The van der Waals surface area contributed by atoms with E-state index in [1.54, 1.807) is 0 Å². The number of benzene rings is 1. The zero-order chi connectivity index (χ0) is 13.1. The Labute approximate surface area is 111 Å². The minimum Gasteiger partial charge on any atom is -0.378 e. The largest absolute Gasteiger partial charge is 0.378 e. The normalized spacial score (nSPS) is 24.7. The summed E-state index contributed by atoms with van der Waals surface area (Å²) in [5.41, 5.74) is 10.4. The molecule has 1 aliphatic carbocycles. The highest BCUT2D eigenvalue weighted by molar-refractivity contribution is 5.35. The van der Waals surface area contributed by atoms with E-state index in [-0.39, 0.29) is 6.04 Å². The van der Waals surface area contributed by atoms with Crippen molar-refractivity contribution in [3.05, 3.63) is 34.9 Å². The van der Waals surface area contributed by atoms with Gasteiger partial charge < -0.3 is 10.5 Å². The second-order valence-electron chi connectivity index (χ2n) is 5.55. The van der Waals surface area contributed by atoms with Gasteiger partial charge in [0, 0.05) is 12.6 Å². The monoisotopic (exact) mass is 247 g/mol. The van der Waals surface area contributed by atoms with Crippen molar-refractivity contribution >= 4 is 0 Å². The topological polar surface area (TPSA) is 35.2 Å². The van der Waals surface area contributed by atoms with E-state index in [0.717, 1.165) is 18.9 Å². The third kappa shape index (κ3) is 2.93. The van der Waals surface area contributed by atoms with Crippen LogP contribution in [0.5, 0.6) is 0 Å².